The van der Waals surface area contributed by atoms with E-state index < -0.39 is 50.6 Å². The number of carboxylic acid groups (broad SMARTS) is 1. The van der Waals surface area contributed by atoms with Gasteiger partial charge in [0.05, 0.1) is 84.6 Å². The third-order valence-corrected chi connectivity index (χ3v) is 17.8. The fourth-order valence-electron chi connectivity index (χ4n) is 10.7. The average Bonchev–Trinajstić information content (AvgIpc) is 1.63. The van der Waals surface area contributed by atoms with Gasteiger partial charge in [-0.25, -0.2) is 9.59 Å². The van der Waals surface area contributed by atoms with Gasteiger partial charge in [-0.15, -0.1) is 0 Å². The number of nitrogens with two attached hydrogens (primary N) is 2. The van der Waals surface area contributed by atoms with Crippen molar-refractivity contribution >= 4 is 138 Å². The van der Waals surface area contributed by atoms with Gasteiger partial charge < -0.3 is 64.7 Å². The maximum absolute atomic E-state index is 12.1. The normalized spacial score (nSPS) is 10.3. The van der Waals surface area contributed by atoms with Crippen LogP contribution in [-0.2, 0) is 20.7 Å². The number of carboxylic acids is 1. The van der Waals surface area contributed by atoms with Gasteiger partial charge >= 0.3 is 51.2 Å². The molecule has 0 saturated heterocycles. The monoisotopic (exact) mass is 1890 g/mol. The predicted molar refractivity (Wildman–Crippen MR) is 456 cm³/mol. The number of carbonyl (C=O) groups excluding carboxylic acids is 2. The fourth-order valence-corrected chi connectivity index (χ4v) is 12.1. The van der Waals surface area contributed by atoms with E-state index in [9.17, 15) is 43.8 Å². The number of nitriles is 4. The van der Waals surface area contributed by atoms with Crippen molar-refractivity contribution in [2.45, 2.75) is 76.2 Å². The Morgan fingerprint density at radius 2 is 0.852 bits per heavy atom. The molecule has 15 N–H and O–H groups in total. The second-order valence-electron chi connectivity index (χ2n) is 24.8. The molecule has 8 heterocycles. The number of aryl methyl sites for hydroxylation is 8. The Balaban J connectivity index is 0.000000305. The van der Waals surface area contributed by atoms with Crippen LogP contribution in [0.5, 0.6) is 11.5 Å². The molecule has 0 aliphatic rings. The molecule has 13 rings (SSSR count). The van der Waals surface area contributed by atoms with Crippen LogP contribution < -0.4 is 95.3 Å². The van der Waals surface area contributed by atoms with E-state index in [4.69, 9.17) is 77.7 Å². The molecular weight excluding hydrogens is 1820 g/mol. The minimum Gasteiger partial charge on any atom is -0.872 e. The van der Waals surface area contributed by atoms with E-state index >= 15 is 0 Å². The summed E-state index contributed by atoms with van der Waals surface area (Å²) in [5.74, 6) is 4.59. The van der Waals surface area contributed by atoms with Crippen molar-refractivity contribution in [3.05, 3.63) is 271 Å². The summed E-state index contributed by atoms with van der Waals surface area (Å²) in [5.41, 5.74) is 18.9. The number of carbonyl (C=O) groups is 3. The molecule has 43 heteroatoms. The van der Waals surface area contributed by atoms with E-state index in [1.165, 1.54) is 31.2 Å². The third kappa shape index (κ3) is 26.8. The number of aromatic nitrogens is 6. The van der Waals surface area contributed by atoms with Gasteiger partial charge in [0.25, 0.3) is 11.9 Å². The number of aromatic hydroxyl groups is 1. The van der Waals surface area contributed by atoms with Gasteiger partial charge in [0.2, 0.25) is 17.1 Å². The molecule has 1 amide bonds. The summed E-state index contributed by atoms with van der Waals surface area (Å²) < 4.78 is 64.9. The molecule has 0 aliphatic carbocycles. The van der Waals surface area contributed by atoms with Crippen LogP contribution in [0.4, 0.5) is 22.7 Å². The molecule has 0 spiro atoms. The number of primary amides is 1. The number of amides is 1. The van der Waals surface area contributed by atoms with Crippen LogP contribution in [0, 0.1) is 101 Å². The Morgan fingerprint density at radius 3 is 1.20 bits per heavy atom. The molecule has 628 valence electrons. The van der Waals surface area contributed by atoms with Gasteiger partial charge in [-0.3, -0.25) is 49.1 Å². The van der Waals surface area contributed by atoms with Crippen LogP contribution in [0.1, 0.15) is 115 Å². The number of anilines is 4. The van der Waals surface area contributed by atoms with E-state index in [1.54, 1.807) is 175 Å². The number of nitrogen functional groups attached to an aromatic ring is 1. The van der Waals surface area contributed by atoms with Crippen molar-refractivity contribution in [3.63, 3.8) is 0 Å². The maximum Gasteiger partial charge on any atom is 1.00 e. The molecule has 0 atom stereocenters. The first-order valence-corrected chi connectivity index (χ1v) is 38.0. The molecule has 0 bridgehead atoms. The number of hydrazine groups is 1. The molecule has 0 radical (unpaired) electrons. The van der Waals surface area contributed by atoms with Crippen LogP contribution >= 0.6 is 47.8 Å². The molecule has 13 aromatic rings. The van der Waals surface area contributed by atoms with E-state index in [0.717, 1.165) is 35.8 Å². The largest absolute Gasteiger partial charge is 1.00 e. The number of benzene rings is 5. The topological polar surface area (TPSA) is 635 Å². The van der Waals surface area contributed by atoms with E-state index in [-0.39, 0.29) is 74.1 Å². The number of hydrazone groups is 1. The number of nitrogens with zero attached hydrogens (tertiary/aromatic N) is 11. The van der Waals surface area contributed by atoms with Crippen molar-refractivity contribution in [3.8, 4) is 52.8 Å². The molecule has 0 saturated carbocycles. The minimum absolute atomic E-state index is 0. The van der Waals surface area contributed by atoms with Crippen LogP contribution in [0.3, 0.4) is 0 Å². The van der Waals surface area contributed by atoms with Crippen LogP contribution in [0.15, 0.2) is 186 Å². The Labute approximate surface area is 739 Å². The number of hydrogen-bond acceptors (Lipinski definition) is 30. The number of Topliss-reactive ketones (excluding diaryl/α,β-unsaturated/α-hetero) is 1. The molecule has 122 heavy (non-hydrogen) atoms. The summed E-state index contributed by atoms with van der Waals surface area (Å²) in [6.07, 6.45) is 0. The van der Waals surface area contributed by atoms with E-state index in [0.29, 0.717) is 139 Å². The fraction of sp³-hybridized carbons (Fsp3) is 0.165. The molecule has 0 fully saturated rings. The predicted octanol–water partition coefficient (Wildman–Crippen LogP) is 7.95. The van der Waals surface area contributed by atoms with E-state index in [1.807, 2.05) is 12.1 Å². The molecule has 0 unspecified atom stereocenters. The first-order chi connectivity index (χ1) is 56.4. The Hall–Kier alpha value is -13.5. The number of hydrogen-bond donors (Lipinski definition) is 10. The van der Waals surface area contributed by atoms with Crippen molar-refractivity contribution in [2.24, 2.45) is 16.7 Å². The molecule has 0 aliphatic heterocycles. The first kappa shape index (κ1) is 101. The summed E-state index contributed by atoms with van der Waals surface area (Å²) in [7, 11) is -1.22. The third-order valence-electron chi connectivity index (χ3n) is 15.8. The van der Waals surface area contributed by atoms with Gasteiger partial charge in [0, 0.05) is 70.1 Å². The maximum atomic E-state index is 12.1. The summed E-state index contributed by atoms with van der Waals surface area (Å²) in [4.78, 5) is 90.2. The second-order valence-corrected chi connectivity index (χ2v) is 28.2. The summed E-state index contributed by atoms with van der Waals surface area (Å²) in [6.45, 7) is 17.3. The number of rotatable bonds is 11. The Bertz CT molecular complexity index is 6790. The molecular formula is C79H74Br3N17NaO21S+. The Morgan fingerprint density at radius 1 is 0.516 bits per heavy atom. The number of halogens is 3. The number of aliphatic carboxylic acids is 1. The SMILES string of the molecule is C/C(=N/Nc1ccc(C#N)c(Br)c1)c1c(O)cc(C)oc1=O.CC(=O)O.CC(=O)c1c([O-])cc(C)oc1=O.CNc1cc(-n2nc(C)c3c(=O)cc(C)oc32)ccc1C#N.CNc1cc(-n2nc(C)c3c(=O)cc(C)oc32)ccc1C(N)=O.Cc1cc(=O)c2c(C)nn(-c3ccc(C#N)c(Br)c3)c2o1.N#Cc1ccc(NN)cc1Br.O=S(=O)(O)O.[Na+].[OH3+]. The zero-order valence-corrected chi connectivity index (χ0v) is 74.6. The Kier molecular flexibility index (Phi) is 37.3. The quantitative estimate of drug-likeness (QED) is 0.0112. The number of nitrogens with one attached hydrogen (secondary N) is 4. The second kappa shape index (κ2) is 45.1. The summed E-state index contributed by atoms with van der Waals surface area (Å²) >= 11 is 9.85. The van der Waals surface area contributed by atoms with Crippen LogP contribution in [0.2, 0.25) is 0 Å². The van der Waals surface area contributed by atoms with E-state index in [2.05, 4.69) is 106 Å². The molecule has 5 aromatic carbocycles. The standard InChI is InChI=1S/C16H16N4O3.C16H14N4O2.C15H12BrN3O3.C15H10BrN3O2.C8H8O4.C7H6BrN3.C2H4O2.Na.H2O4S.H2O/c1-8-6-13(21)14-9(2)19-20(16(14)23-8)10-4-5-11(15(17)22)12(7-10)18-3;1-9-6-14(21)15-10(2)19-20(16(15)22-9)12-5-4-11(8-17)13(7-12)18-3;1-8-5-13(20)14(15(21)22-8)9(2)18-19-11-4-3-10(7-17)12(16)6-11;1-8-5-13(20)14-9(2)18-19(15(14)21-8)11-4-3-10(7-17)12(16)6-11;1-4-3-6(10)7(5(2)9)8(11)12-4;8-7-3-6(11-10)2-1-5(7)4-9;1-2(3)4;;1-5(2,3)4;/h4-7,18H,1-3H3,(H2,17,22);4-7,18H,1-3H3;3-6,19-20H,1-2H3;3-6H,1-2H3;3,10H,1-2H3;1-3,11H,10H2;1H3,(H,3,4);;(H2,1,2,3,4);1H2/q;;;;;;;+1;;/b;;18-9-;;;;;;;. The average molecular weight is 1890 g/mol. The van der Waals surface area contributed by atoms with Gasteiger partial charge in [-0.05, 0) is 214 Å². The molecule has 8 aromatic heterocycles. The zero-order valence-electron chi connectivity index (χ0n) is 67.1. The zero-order chi connectivity index (χ0) is 89.6. The van der Waals surface area contributed by atoms with Crippen LogP contribution in [0.25, 0.3) is 50.4 Å². The van der Waals surface area contributed by atoms with Gasteiger partial charge in [0.1, 0.15) is 80.5 Å². The van der Waals surface area contributed by atoms with Crippen molar-refractivity contribution < 1.29 is 104 Å². The molecule has 38 nitrogen and oxygen atoms in total. The summed E-state index contributed by atoms with van der Waals surface area (Å²) in [6, 6.07) is 40.8. The number of ketones is 1. The van der Waals surface area contributed by atoms with Gasteiger partial charge in [0.15, 0.2) is 22.1 Å². The number of fused-ring (bicyclic) bond motifs is 3. The van der Waals surface area contributed by atoms with Crippen LogP contribution in [-0.4, -0.2) is 94.5 Å². The van der Waals surface area contributed by atoms with Gasteiger partial charge in [-0.1, -0.05) is 5.75 Å². The van der Waals surface area contributed by atoms with Crippen molar-refractivity contribution in [1.82, 2.24) is 29.3 Å². The van der Waals surface area contributed by atoms with Crippen molar-refractivity contribution in [2.75, 3.05) is 35.6 Å². The minimum atomic E-state index is -4.67. The smallest absolute Gasteiger partial charge is 0.872 e. The first-order valence-electron chi connectivity index (χ1n) is 34.2. The summed E-state index contributed by atoms with van der Waals surface area (Å²) in [5, 5.41) is 88.3. The van der Waals surface area contributed by atoms with Gasteiger partial charge in [-0.2, -0.15) is 63.9 Å². The van der Waals surface area contributed by atoms with Crippen molar-refractivity contribution in [1.29, 1.82) is 21.0 Å².